The quantitative estimate of drug-likeness (QED) is 0.939. The number of benzene rings is 2. The van der Waals surface area contributed by atoms with Gasteiger partial charge in [0, 0.05) is 4.90 Å². The molecule has 1 aliphatic rings. The molecule has 23 heavy (non-hydrogen) atoms. The standard InChI is InChI=1S/C18H18N2O2S/c1-13(14-7-3-2-4-8-14)19-17(21)11-20-15-9-5-6-10-16(15)23-12-18(20)22/h2-10,13H,11-12H2,1H3,(H,19,21). The first kappa shape index (κ1) is 15.6. The predicted molar refractivity (Wildman–Crippen MR) is 92.5 cm³/mol. The van der Waals surface area contributed by atoms with E-state index in [1.807, 2.05) is 61.5 Å². The van der Waals surface area contributed by atoms with Crippen LogP contribution in [0.15, 0.2) is 59.5 Å². The fourth-order valence-electron chi connectivity index (χ4n) is 2.58. The van der Waals surface area contributed by atoms with Crippen LogP contribution in [0, 0.1) is 0 Å². The van der Waals surface area contributed by atoms with Crippen LogP contribution in [0.25, 0.3) is 0 Å². The maximum absolute atomic E-state index is 12.3. The molecule has 0 aliphatic carbocycles. The first-order valence-electron chi connectivity index (χ1n) is 7.51. The molecule has 1 unspecified atom stereocenters. The summed E-state index contributed by atoms with van der Waals surface area (Å²) in [6.45, 7) is 1.99. The van der Waals surface area contributed by atoms with E-state index in [1.54, 1.807) is 4.90 Å². The van der Waals surface area contributed by atoms with Gasteiger partial charge in [0.1, 0.15) is 6.54 Å². The SMILES string of the molecule is CC(NC(=O)CN1C(=O)CSc2ccccc21)c1ccccc1. The Bertz CT molecular complexity index is 718. The van der Waals surface area contributed by atoms with Crippen molar-refractivity contribution in [3.8, 4) is 0 Å². The molecule has 0 aromatic heterocycles. The third-order valence-corrected chi connectivity index (χ3v) is 4.83. The Morgan fingerprint density at radius 3 is 2.65 bits per heavy atom. The molecule has 0 spiro atoms. The van der Waals surface area contributed by atoms with Gasteiger partial charge in [0.25, 0.3) is 0 Å². The van der Waals surface area contributed by atoms with Crippen LogP contribution in [-0.2, 0) is 9.59 Å². The highest BCUT2D eigenvalue weighted by atomic mass is 32.2. The van der Waals surface area contributed by atoms with Crippen LogP contribution >= 0.6 is 11.8 Å². The van der Waals surface area contributed by atoms with Gasteiger partial charge in [-0.15, -0.1) is 11.8 Å². The van der Waals surface area contributed by atoms with E-state index in [9.17, 15) is 9.59 Å². The topological polar surface area (TPSA) is 49.4 Å². The Hall–Kier alpha value is -2.27. The monoisotopic (exact) mass is 326 g/mol. The van der Waals surface area contributed by atoms with Crippen LogP contribution in [0.5, 0.6) is 0 Å². The minimum atomic E-state index is -0.156. The number of thioether (sulfide) groups is 1. The summed E-state index contributed by atoms with van der Waals surface area (Å²) in [7, 11) is 0. The summed E-state index contributed by atoms with van der Waals surface area (Å²) in [5.74, 6) is 0.186. The second-order valence-corrected chi connectivity index (χ2v) is 6.45. The normalized spacial score (nSPS) is 15.0. The van der Waals surface area contributed by atoms with Gasteiger partial charge in [-0.2, -0.15) is 0 Å². The van der Waals surface area contributed by atoms with Crippen molar-refractivity contribution >= 4 is 29.3 Å². The summed E-state index contributed by atoms with van der Waals surface area (Å²) in [5, 5.41) is 2.96. The minimum Gasteiger partial charge on any atom is -0.348 e. The van der Waals surface area contributed by atoms with Crippen LogP contribution in [-0.4, -0.2) is 24.1 Å². The number of carbonyl (C=O) groups is 2. The van der Waals surface area contributed by atoms with Gasteiger partial charge >= 0.3 is 0 Å². The lowest BCUT2D eigenvalue weighted by Gasteiger charge is -2.28. The Morgan fingerprint density at radius 1 is 1.17 bits per heavy atom. The zero-order valence-corrected chi connectivity index (χ0v) is 13.7. The van der Waals surface area contributed by atoms with E-state index >= 15 is 0 Å². The third kappa shape index (κ3) is 3.56. The minimum absolute atomic E-state index is 0.0313. The Labute approximate surface area is 139 Å². The van der Waals surface area contributed by atoms with E-state index in [1.165, 1.54) is 11.8 Å². The van der Waals surface area contributed by atoms with Gasteiger partial charge in [0.15, 0.2) is 0 Å². The molecule has 1 atom stereocenters. The number of para-hydroxylation sites is 1. The molecule has 0 bridgehead atoms. The number of nitrogens with one attached hydrogen (secondary N) is 1. The highest BCUT2D eigenvalue weighted by Crippen LogP contribution is 2.34. The van der Waals surface area contributed by atoms with Gasteiger partial charge in [-0.25, -0.2) is 0 Å². The van der Waals surface area contributed by atoms with Gasteiger partial charge in [-0.3, -0.25) is 9.59 Å². The smallest absolute Gasteiger partial charge is 0.240 e. The van der Waals surface area contributed by atoms with Crippen molar-refractivity contribution in [2.24, 2.45) is 0 Å². The highest BCUT2D eigenvalue weighted by molar-refractivity contribution is 8.00. The Balaban J connectivity index is 1.69. The largest absolute Gasteiger partial charge is 0.348 e. The summed E-state index contributed by atoms with van der Waals surface area (Å²) >= 11 is 1.52. The molecule has 2 amide bonds. The molecule has 1 heterocycles. The van der Waals surface area contributed by atoms with E-state index in [-0.39, 0.29) is 24.4 Å². The summed E-state index contributed by atoms with van der Waals surface area (Å²) < 4.78 is 0. The fraction of sp³-hybridized carbons (Fsp3) is 0.222. The summed E-state index contributed by atoms with van der Waals surface area (Å²) in [6.07, 6.45) is 0. The second-order valence-electron chi connectivity index (χ2n) is 5.44. The lowest BCUT2D eigenvalue weighted by atomic mass is 10.1. The number of fused-ring (bicyclic) bond motifs is 1. The molecular formula is C18H18N2O2S. The molecule has 2 aromatic rings. The molecule has 1 aliphatic heterocycles. The summed E-state index contributed by atoms with van der Waals surface area (Å²) in [5.41, 5.74) is 1.86. The van der Waals surface area contributed by atoms with E-state index < -0.39 is 0 Å². The number of anilines is 1. The van der Waals surface area contributed by atoms with Crippen molar-refractivity contribution in [3.63, 3.8) is 0 Å². The van der Waals surface area contributed by atoms with E-state index in [0.29, 0.717) is 5.75 Å². The van der Waals surface area contributed by atoms with Crippen molar-refractivity contribution in [3.05, 3.63) is 60.2 Å². The third-order valence-electron chi connectivity index (χ3n) is 3.79. The van der Waals surface area contributed by atoms with Crippen LogP contribution in [0.2, 0.25) is 0 Å². The molecule has 0 radical (unpaired) electrons. The number of hydrogen-bond donors (Lipinski definition) is 1. The molecular weight excluding hydrogens is 308 g/mol. The van der Waals surface area contributed by atoms with Gasteiger partial charge in [-0.05, 0) is 24.6 Å². The van der Waals surface area contributed by atoms with Crippen LogP contribution < -0.4 is 10.2 Å². The average Bonchev–Trinajstić information content (AvgIpc) is 2.58. The second kappa shape index (κ2) is 6.87. The highest BCUT2D eigenvalue weighted by Gasteiger charge is 2.26. The number of rotatable bonds is 4. The van der Waals surface area contributed by atoms with Crippen molar-refractivity contribution in [1.29, 1.82) is 0 Å². The molecule has 1 N–H and O–H groups in total. The van der Waals surface area contributed by atoms with Gasteiger partial charge < -0.3 is 10.2 Å². The molecule has 118 valence electrons. The first-order valence-corrected chi connectivity index (χ1v) is 8.50. The van der Waals surface area contributed by atoms with E-state index in [2.05, 4.69) is 5.32 Å². The zero-order chi connectivity index (χ0) is 16.2. The zero-order valence-electron chi connectivity index (χ0n) is 12.9. The summed E-state index contributed by atoms with van der Waals surface area (Å²) in [4.78, 5) is 27.1. The van der Waals surface area contributed by atoms with Crippen molar-refractivity contribution in [2.45, 2.75) is 17.9 Å². The van der Waals surface area contributed by atoms with Crippen LogP contribution in [0.4, 0.5) is 5.69 Å². The Morgan fingerprint density at radius 2 is 1.87 bits per heavy atom. The lowest BCUT2D eigenvalue weighted by molar-refractivity contribution is -0.123. The van der Waals surface area contributed by atoms with Gasteiger partial charge in [-0.1, -0.05) is 42.5 Å². The lowest BCUT2D eigenvalue weighted by Crippen LogP contribution is -2.43. The van der Waals surface area contributed by atoms with Gasteiger partial charge in [0.2, 0.25) is 11.8 Å². The van der Waals surface area contributed by atoms with E-state index in [0.717, 1.165) is 16.1 Å². The van der Waals surface area contributed by atoms with Crippen LogP contribution in [0.1, 0.15) is 18.5 Å². The number of hydrogen-bond acceptors (Lipinski definition) is 3. The maximum atomic E-state index is 12.3. The molecule has 0 saturated heterocycles. The molecule has 5 heteroatoms. The maximum Gasteiger partial charge on any atom is 0.240 e. The van der Waals surface area contributed by atoms with Crippen molar-refractivity contribution in [2.75, 3.05) is 17.2 Å². The summed E-state index contributed by atoms with van der Waals surface area (Å²) in [6, 6.07) is 17.4. The first-order chi connectivity index (χ1) is 11.1. The molecule has 0 saturated carbocycles. The van der Waals surface area contributed by atoms with E-state index in [4.69, 9.17) is 0 Å². The van der Waals surface area contributed by atoms with Crippen molar-refractivity contribution < 1.29 is 9.59 Å². The number of carbonyl (C=O) groups excluding carboxylic acids is 2. The van der Waals surface area contributed by atoms with Crippen molar-refractivity contribution in [1.82, 2.24) is 5.32 Å². The van der Waals surface area contributed by atoms with Crippen LogP contribution in [0.3, 0.4) is 0 Å². The molecule has 3 rings (SSSR count). The predicted octanol–water partition coefficient (Wildman–Crippen LogP) is 3.00. The average molecular weight is 326 g/mol. The fourth-order valence-corrected chi connectivity index (χ4v) is 3.52. The molecule has 0 fully saturated rings. The van der Waals surface area contributed by atoms with Gasteiger partial charge in [0.05, 0.1) is 17.5 Å². The number of amides is 2. The number of nitrogens with zero attached hydrogens (tertiary/aromatic N) is 1. The molecule has 2 aromatic carbocycles. The Kier molecular flexibility index (Phi) is 4.67. The molecule has 4 nitrogen and oxygen atoms in total.